The molecule has 1 aliphatic rings. The molecule has 1 saturated heterocycles. The minimum atomic E-state index is -0.581. The molecule has 6 heteroatoms. The van der Waals surface area contributed by atoms with Crippen molar-refractivity contribution < 1.29 is 23.9 Å². The van der Waals surface area contributed by atoms with E-state index >= 15 is 0 Å². The van der Waals surface area contributed by atoms with E-state index in [2.05, 4.69) is 0 Å². The maximum Gasteiger partial charge on any atom is 0.410 e. The summed E-state index contributed by atoms with van der Waals surface area (Å²) in [6.07, 6.45) is 1.39. The second kappa shape index (κ2) is 8.55. The first-order chi connectivity index (χ1) is 12.6. The van der Waals surface area contributed by atoms with Crippen molar-refractivity contribution in [3.63, 3.8) is 0 Å². The number of carbonyl (C=O) groups is 3. The third-order valence-electron chi connectivity index (χ3n) is 4.66. The van der Waals surface area contributed by atoms with E-state index in [9.17, 15) is 14.4 Å². The van der Waals surface area contributed by atoms with Gasteiger partial charge in [-0.25, -0.2) is 9.59 Å². The number of hydrogen-bond donors (Lipinski definition) is 0. The molecular weight excluding hydrogens is 346 g/mol. The Kier molecular flexibility index (Phi) is 6.63. The number of methoxy groups -OCH3 is 1. The van der Waals surface area contributed by atoms with Crippen molar-refractivity contribution in [2.75, 3.05) is 13.7 Å². The largest absolute Gasteiger partial charge is 0.465 e. The number of rotatable bonds is 5. The molecule has 0 spiro atoms. The molecule has 1 heterocycles. The van der Waals surface area contributed by atoms with Gasteiger partial charge in [-0.3, -0.25) is 9.69 Å². The summed E-state index contributed by atoms with van der Waals surface area (Å²) < 4.78 is 10.1. The Bertz CT molecular complexity index is 690. The van der Waals surface area contributed by atoms with E-state index in [0.717, 1.165) is 12.0 Å². The first-order valence-corrected chi connectivity index (χ1v) is 9.33. The van der Waals surface area contributed by atoms with E-state index in [0.29, 0.717) is 24.9 Å². The summed E-state index contributed by atoms with van der Waals surface area (Å²) in [6.45, 7) is 7.97. The second-order valence-electron chi connectivity index (χ2n) is 8.02. The first kappa shape index (κ1) is 20.9. The molecule has 148 valence electrons. The molecule has 1 aromatic rings. The smallest absolute Gasteiger partial charge is 0.410 e. The number of ether oxygens (including phenoxy) is 2. The van der Waals surface area contributed by atoms with Crippen molar-refractivity contribution in [2.45, 2.75) is 64.5 Å². The van der Waals surface area contributed by atoms with E-state index < -0.39 is 17.7 Å². The average molecular weight is 375 g/mol. The number of hydrogen-bond acceptors (Lipinski definition) is 5. The summed E-state index contributed by atoms with van der Waals surface area (Å²) >= 11 is 0. The maximum atomic E-state index is 12.8. The zero-order chi connectivity index (χ0) is 20.2. The SMILES string of the molecule is COC(=O)c1ccc([C@H](C)CC(=O)[C@H]2CCCN2C(=O)OC(C)(C)C)cc1. The molecule has 1 fully saturated rings. The lowest BCUT2D eigenvalue weighted by Gasteiger charge is -2.28. The van der Waals surface area contributed by atoms with Gasteiger partial charge in [0.15, 0.2) is 5.78 Å². The molecule has 1 aliphatic heterocycles. The van der Waals surface area contributed by atoms with Gasteiger partial charge in [-0.15, -0.1) is 0 Å². The Morgan fingerprint density at radius 3 is 2.37 bits per heavy atom. The maximum absolute atomic E-state index is 12.8. The van der Waals surface area contributed by atoms with Crippen LogP contribution in [0.1, 0.15) is 68.8 Å². The van der Waals surface area contributed by atoms with E-state index in [-0.39, 0.29) is 17.7 Å². The van der Waals surface area contributed by atoms with Gasteiger partial charge < -0.3 is 9.47 Å². The minimum absolute atomic E-state index is 0.00900. The Labute approximate surface area is 160 Å². The summed E-state index contributed by atoms with van der Waals surface area (Å²) in [6, 6.07) is 6.65. The van der Waals surface area contributed by atoms with Crippen molar-refractivity contribution in [3.05, 3.63) is 35.4 Å². The number of esters is 1. The third kappa shape index (κ3) is 5.55. The highest BCUT2D eigenvalue weighted by atomic mass is 16.6. The van der Waals surface area contributed by atoms with Gasteiger partial charge >= 0.3 is 12.1 Å². The molecule has 6 nitrogen and oxygen atoms in total. The molecular formula is C21H29NO5. The molecule has 0 bridgehead atoms. The summed E-state index contributed by atoms with van der Waals surface area (Å²) in [4.78, 5) is 38.3. The molecule has 0 aromatic heterocycles. The van der Waals surface area contributed by atoms with Crippen LogP contribution in [0.3, 0.4) is 0 Å². The lowest BCUT2D eigenvalue weighted by Crippen LogP contribution is -2.43. The van der Waals surface area contributed by atoms with Gasteiger partial charge in [0, 0.05) is 13.0 Å². The van der Waals surface area contributed by atoms with Crippen LogP contribution in [-0.4, -0.2) is 48.0 Å². The number of amides is 1. The van der Waals surface area contributed by atoms with Gasteiger partial charge in [0.2, 0.25) is 0 Å². The Morgan fingerprint density at radius 2 is 1.81 bits per heavy atom. The zero-order valence-corrected chi connectivity index (χ0v) is 16.8. The number of benzene rings is 1. The Balaban J connectivity index is 2.00. The highest BCUT2D eigenvalue weighted by molar-refractivity contribution is 5.90. The topological polar surface area (TPSA) is 72.9 Å². The molecule has 2 rings (SSSR count). The predicted octanol–water partition coefficient (Wildman–Crippen LogP) is 3.94. The molecule has 0 saturated carbocycles. The summed E-state index contributed by atoms with van der Waals surface area (Å²) in [5.41, 5.74) is 0.867. The van der Waals surface area contributed by atoms with Gasteiger partial charge in [0.25, 0.3) is 0 Å². The van der Waals surface area contributed by atoms with Crippen LogP contribution in [0.2, 0.25) is 0 Å². The molecule has 0 radical (unpaired) electrons. The van der Waals surface area contributed by atoms with Crippen LogP contribution in [0.25, 0.3) is 0 Å². The van der Waals surface area contributed by atoms with Gasteiger partial charge in [-0.05, 0) is 57.2 Å². The molecule has 0 N–H and O–H groups in total. The standard InChI is InChI=1S/C21H29NO5/c1-14(15-8-10-16(11-9-15)19(24)26-5)13-18(23)17-7-6-12-22(17)20(25)27-21(2,3)4/h8-11,14,17H,6-7,12-13H2,1-5H3/t14-,17-/m1/s1. The van der Waals surface area contributed by atoms with E-state index in [1.165, 1.54) is 7.11 Å². The van der Waals surface area contributed by atoms with Crippen LogP contribution in [-0.2, 0) is 14.3 Å². The fourth-order valence-corrected chi connectivity index (χ4v) is 3.26. The van der Waals surface area contributed by atoms with Gasteiger partial charge in [0.05, 0.1) is 18.7 Å². The molecule has 0 aliphatic carbocycles. The van der Waals surface area contributed by atoms with Crippen LogP contribution in [0.4, 0.5) is 4.79 Å². The normalized spacial score (nSPS) is 18.1. The summed E-state index contributed by atoms with van der Waals surface area (Å²) in [5.74, 6) is -0.350. The number of likely N-dealkylation sites (tertiary alicyclic amines) is 1. The van der Waals surface area contributed by atoms with E-state index in [1.54, 1.807) is 17.0 Å². The molecule has 0 unspecified atom stereocenters. The lowest BCUT2D eigenvalue weighted by atomic mass is 9.92. The third-order valence-corrected chi connectivity index (χ3v) is 4.66. The first-order valence-electron chi connectivity index (χ1n) is 9.33. The van der Waals surface area contributed by atoms with Crippen molar-refractivity contribution in [1.29, 1.82) is 0 Å². The number of ketones is 1. The molecule has 2 atom stereocenters. The van der Waals surface area contributed by atoms with Crippen LogP contribution in [0.5, 0.6) is 0 Å². The number of nitrogens with zero attached hydrogens (tertiary/aromatic N) is 1. The van der Waals surface area contributed by atoms with Crippen LogP contribution in [0, 0.1) is 0 Å². The lowest BCUT2D eigenvalue weighted by molar-refractivity contribution is -0.123. The summed E-state index contributed by atoms with van der Waals surface area (Å²) in [7, 11) is 1.34. The molecule has 1 amide bonds. The van der Waals surface area contributed by atoms with Crippen molar-refractivity contribution in [3.8, 4) is 0 Å². The van der Waals surface area contributed by atoms with Gasteiger partial charge in [-0.2, -0.15) is 0 Å². The van der Waals surface area contributed by atoms with E-state index in [4.69, 9.17) is 9.47 Å². The Hall–Kier alpha value is -2.37. The molecule has 27 heavy (non-hydrogen) atoms. The fourth-order valence-electron chi connectivity index (χ4n) is 3.26. The monoisotopic (exact) mass is 375 g/mol. The average Bonchev–Trinajstić information content (AvgIpc) is 3.09. The Morgan fingerprint density at radius 1 is 1.19 bits per heavy atom. The van der Waals surface area contributed by atoms with E-state index in [1.807, 2.05) is 39.8 Å². The van der Waals surface area contributed by atoms with Crippen LogP contribution in [0.15, 0.2) is 24.3 Å². The fraction of sp³-hybridized carbons (Fsp3) is 0.571. The van der Waals surface area contributed by atoms with Gasteiger partial charge in [0.1, 0.15) is 5.60 Å². The minimum Gasteiger partial charge on any atom is -0.465 e. The summed E-state index contributed by atoms with van der Waals surface area (Å²) in [5, 5.41) is 0. The quantitative estimate of drug-likeness (QED) is 0.729. The second-order valence-corrected chi connectivity index (χ2v) is 8.02. The predicted molar refractivity (Wildman–Crippen MR) is 102 cm³/mol. The van der Waals surface area contributed by atoms with Gasteiger partial charge in [-0.1, -0.05) is 19.1 Å². The van der Waals surface area contributed by atoms with Crippen molar-refractivity contribution >= 4 is 17.8 Å². The van der Waals surface area contributed by atoms with Crippen LogP contribution < -0.4 is 0 Å². The van der Waals surface area contributed by atoms with Crippen molar-refractivity contribution in [1.82, 2.24) is 4.90 Å². The van der Waals surface area contributed by atoms with Crippen molar-refractivity contribution in [2.24, 2.45) is 0 Å². The number of carbonyl (C=O) groups excluding carboxylic acids is 3. The highest BCUT2D eigenvalue weighted by Crippen LogP contribution is 2.26. The molecule has 1 aromatic carbocycles. The number of Topliss-reactive ketones (excluding diaryl/α,β-unsaturated/α-hetero) is 1. The highest BCUT2D eigenvalue weighted by Gasteiger charge is 2.36. The van der Waals surface area contributed by atoms with Crippen LogP contribution >= 0.6 is 0 Å². The zero-order valence-electron chi connectivity index (χ0n) is 16.8.